The highest BCUT2D eigenvalue weighted by Crippen LogP contribution is 2.15. The number of aryl methyl sites for hydroxylation is 1. The van der Waals surface area contributed by atoms with Gasteiger partial charge in [-0.25, -0.2) is 0 Å². The van der Waals surface area contributed by atoms with E-state index in [9.17, 15) is 4.11 Å². The molecule has 0 radical (unpaired) electrons. The molecule has 0 saturated heterocycles. The minimum Gasteiger partial charge on any atom is -0.295 e. The van der Waals surface area contributed by atoms with E-state index in [2.05, 4.69) is 0 Å². The molecule has 0 bridgehead atoms. The smallest absolute Gasteiger partial charge is 0.295 e. The second-order valence-corrected chi connectivity index (χ2v) is 11.1. The molecule has 1 aromatic carbocycles. The summed E-state index contributed by atoms with van der Waals surface area (Å²) in [6.45, 7) is 3.66. The summed E-state index contributed by atoms with van der Waals surface area (Å²) in [5.41, 5.74) is 1.07. The maximum Gasteiger partial charge on any atom is 0.338 e. The fourth-order valence-corrected chi connectivity index (χ4v) is 4.05. The molecule has 11 heavy (non-hydrogen) atoms. The van der Waals surface area contributed by atoms with Crippen molar-refractivity contribution in [2.45, 2.75) is 13.5 Å². The van der Waals surface area contributed by atoms with Crippen LogP contribution in [0.25, 0.3) is 0 Å². The van der Waals surface area contributed by atoms with Gasteiger partial charge in [0, 0.05) is 0 Å². The van der Waals surface area contributed by atoms with Gasteiger partial charge in [-0.05, 0) is 24.2 Å². The first-order chi connectivity index (χ1) is 5.02. The summed E-state index contributed by atoms with van der Waals surface area (Å²) >= 11 is 1.94. The maximum absolute atomic E-state index is 13.5. The Labute approximate surface area is 80.2 Å². The van der Waals surface area contributed by atoms with Gasteiger partial charge in [0.15, 0.2) is 0 Å². The average molecular weight is 280 g/mol. The molecule has 3 heteroatoms. The first kappa shape index (κ1) is 9.19. The fraction of sp³-hybridized carbons (Fsp3) is 0.250. The molecule has 0 nitrogen and oxygen atoms in total. The normalized spacial score (nSPS) is 16.0. The minimum absolute atomic E-state index is 0.903. The van der Waals surface area contributed by atoms with Gasteiger partial charge in [-0.1, -0.05) is 46.1 Å². The number of hydrogen-bond acceptors (Lipinski definition) is 0. The lowest BCUT2D eigenvalue weighted by atomic mass is 10.2. The first-order valence-electron chi connectivity index (χ1n) is 3.46. The molecule has 0 aliphatic rings. The predicted octanol–water partition coefficient (Wildman–Crippen LogP) is 2.68. The van der Waals surface area contributed by atoms with Gasteiger partial charge in [0.05, 0.1) is 0 Å². The molecule has 0 N–H and O–H groups in total. The van der Waals surface area contributed by atoms with Crippen LogP contribution < -0.4 is 5.19 Å². The molecule has 60 valence electrons. The molecule has 0 heterocycles. The van der Waals surface area contributed by atoms with Crippen molar-refractivity contribution in [1.29, 1.82) is 0 Å². The Morgan fingerprint density at radius 3 is 2.27 bits per heavy atom. The van der Waals surface area contributed by atoms with Crippen molar-refractivity contribution in [2.75, 3.05) is 0 Å². The van der Waals surface area contributed by atoms with Crippen molar-refractivity contribution >= 4 is 32.9 Å². The van der Waals surface area contributed by atoms with Crippen LogP contribution in [0.5, 0.6) is 0 Å². The summed E-state index contributed by atoms with van der Waals surface area (Å²) in [5, 5.41) is 0.903. The van der Waals surface area contributed by atoms with Gasteiger partial charge in [0.2, 0.25) is 0 Å². The summed E-state index contributed by atoms with van der Waals surface area (Å²) in [5.74, 6) is -2.61. The average Bonchev–Trinajstić information content (AvgIpc) is 1.86. The van der Waals surface area contributed by atoms with E-state index in [0.29, 0.717) is 0 Å². The molecule has 0 fully saturated rings. The van der Waals surface area contributed by atoms with Crippen LogP contribution in [-0.2, 0) is 0 Å². The van der Waals surface area contributed by atoms with Crippen molar-refractivity contribution in [1.82, 2.24) is 0 Å². The molecule has 0 amide bonds. The van der Waals surface area contributed by atoms with Gasteiger partial charge in [-0.15, -0.1) is 0 Å². The second kappa shape index (κ2) is 3.22. The third-order valence-electron chi connectivity index (χ3n) is 1.62. The van der Waals surface area contributed by atoms with E-state index in [1.807, 2.05) is 53.0 Å². The maximum atomic E-state index is 13.5. The van der Waals surface area contributed by atoms with Crippen LogP contribution in [0.2, 0.25) is 6.55 Å². The molecule has 1 aromatic rings. The van der Waals surface area contributed by atoms with E-state index in [0.717, 1.165) is 10.8 Å². The molecule has 0 aliphatic heterocycles. The summed E-state index contributed by atoms with van der Waals surface area (Å²) in [6, 6.07) is 7.67. The van der Waals surface area contributed by atoms with Gasteiger partial charge in [0.25, 0.3) is 0 Å². The zero-order valence-electron chi connectivity index (χ0n) is 6.57. The van der Waals surface area contributed by atoms with Crippen molar-refractivity contribution in [3.63, 3.8) is 0 Å². The zero-order chi connectivity index (χ0) is 8.48. The lowest BCUT2D eigenvalue weighted by molar-refractivity contribution is 0.851. The van der Waals surface area contributed by atoms with Crippen LogP contribution in [0, 0.1) is 6.92 Å². The number of rotatable bonds is 1. The van der Waals surface area contributed by atoms with E-state index in [1.54, 1.807) is 6.55 Å². The van der Waals surface area contributed by atoms with Gasteiger partial charge in [-0.3, -0.25) is 4.11 Å². The van der Waals surface area contributed by atoms with Crippen LogP contribution in [0.4, 0.5) is 4.11 Å². The van der Waals surface area contributed by atoms with Crippen LogP contribution in [-0.4, -0.2) is 5.90 Å². The third-order valence-corrected chi connectivity index (χ3v) is 4.87. The molecule has 0 aromatic heterocycles. The predicted molar refractivity (Wildman–Crippen MR) is 57.6 cm³/mol. The Morgan fingerprint density at radius 1 is 1.36 bits per heavy atom. The summed E-state index contributed by atoms with van der Waals surface area (Å²) in [4.78, 5) is 0. The standard InChI is InChI=1S/C8H10FISi/c1-7-5-3-4-6-8(7)11(2,9)10/h3-6H,1-2H3. The molecular weight excluding hydrogens is 270 g/mol. The Hall–Kier alpha value is 0.0969. The third kappa shape index (κ3) is 2.26. The molecule has 1 atom stereocenters. The van der Waals surface area contributed by atoms with Crippen LogP contribution in [0.15, 0.2) is 24.3 Å². The number of hydrogen-bond donors (Lipinski definition) is 0. The molecule has 1 unspecified atom stereocenters. The lowest BCUT2D eigenvalue weighted by Crippen LogP contribution is -2.34. The Morgan fingerprint density at radius 2 is 1.91 bits per heavy atom. The minimum atomic E-state index is -2.61. The molecule has 0 aliphatic carbocycles. The monoisotopic (exact) mass is 280 g/mol. The van der Waals surface area contributed by atoms with Crippen LogP contribution >= 0.6 is 21.8 Å². The van der Waals surface area contributed by atoms with Crippen molar-refractivity contribution in [3.8, 4) is 0 Å². The van der Waals surface area contributed by atoms with E-state index < -0.39 is 5.90 Å². The second-order valence-electron chi connectivity index (χ2n) is 2.70. The largest absolute Gasteiger partial charge is 0.338 e. The van der Waals surface area contributed by atoms with Gasteiger partial charge in [0.1, 0.15) is 0 Å². The number of halogens is 2. The Kier molecular flexibility index (Phi) is 2.69. The lowest BCUT2D eigenvalue weighted by Gasteiger charge is -2.11. The Bertz CT molecular complexity index is 255. The first-order valence-corrected chi connectivity index (χ1v) is 8.95. The van der Waals surface area contributed by atoms with Gasteiger partial charge < -0.3 is 0 Å². The Balaban J connectivity index is 3.14. The van der Waals surface area contributed by atoms with E-state index >= 15 is 0 Å². The van der Waals surface area contributed by atoms with Gasteiger partial charge >= 0.3 is 5.90 Å². The van der Waals surface area contributed by atoms with Crippen LogP contribution in [0.1, 0.15) is 5.56 Å². The summed E-state index contributed by atoms with van der Waals surface area (Å²) < 4.78 is 13.5. The molecule has 1 rings (SSSR count). The van der Waals surface area contributed by atoms with E-state index in [4.69, 9.17) is 0 Å². The highest BCUT2D eigenvalue weighted by Gasteiger charge is 2.27. The van der Waals surface area contributed by atoms with Crippen LogP contribution in [0.3, 0.4) is 0 Å². The van der Waals surface area contributed by atoms with Gasteiger partial charge in [-0.2, -0.15) is 0 Å². The highest BCUT2D eigenvalue weighted by atomic mass is 127. The molecular formula is C8H10FISi. The summed E-state index contributed by atoms with van der Waals surface area (Å²) in [6.07, 6.45) is 0. The number of benzene rings is 1. The topological polar surface area (TPSA) is 0 Å². The van der Waals surface area contributed by atoms with Crippen molar-refractivity contribution in [2.24, 2.45) is 0 Å². The van der Waals surface area contributed by atoms with E-state index in [1.165, 1.54) is 0 Å². The SMILES string of the molecule is Cc1ccccc1[Si](C)(F)I. The zero-order valence-corrected chi connectivity index (χ0v) is 9.72. The quantitative estimate of drug-likeness (QED) is 0.421. The van der Waals surface area contributed by atoms with E-state index in [-0.39, 0.29) is 0 Å². The molecule has 0 spiro atoms. The van der Waals surface area contributed by atoms with Crippen molar-refractivity contribution in [3.05, 3.63) is 29.8 Å². The van der Waals surface area contributed by atoms with Crippen molar-refractivity contribution < 1.29 is 4.11 Å². The highest BCUT2D eigenvalue weighted by molar-refractivity contribution is 14.1. The molecule has 0 saturated carbocycles. The summed E-state index contributed by atoms with van der Waals surface area (Å²) in [7, 11) is 0. The fourth-order valence-electron chi connectivity index (χ4n) is 1.07.